The summed E-state index contributed by atoms with van der Waals surface area (Å²) in [4.78, 5) is 13.0. The first-order valence-electron chi connectivity index (χ1n) is 12.1. The maximum Gasteiger partial charge on any atom is 0.251 e. The van der Waals surface area contributed by atoms with Crippen molar-refractivity contribution < 1.29 is 13.2 Å². The Labute approximate surface area is 223 Å². The molecule has 0 saturated heterocycles. The molecule has 8 heteroatoms. The molecule has 0 bridgehead atoms. The van der Waals surface area contributed by atoms with E-state index in [4.69, 9.17) is 23.2 Å². The topological polar surface area (TPSA) is 66.5 Å². The van der Waals surface area contributed by atoms with Crippen LogP contribution in [0, 0.1) is 0 Å². The van der Waals surface area contributed by atoms with E-state index in [0.29, 0.717) is 11.3 Å². The molecule has 0 fully saturated rings. The van der Waals surface area contributed by atoms with E-state index in [-0.39, 0.29) is 28.5 Å². The third-order valence-electron chi connectivity index (χ3n) is 6.63. The molecule has 1 N–H and O–H groups in total. The van der Waals surface area contributed by atoms with Gasteiger partial charge in [-0.15, -0.1) is 0 Å². The van der Waals surface area contributed by atoms with Crippen molar-refractivity contribution >= 4 is 44.8 Å². The lowest BCUT2D eigenvalue weighted by Crippen LogP contribution is -2.30. The van der Waals surface area contributed by atoms with Gasteiger partial charge in [-0.25, -0.2) is 8.42 Å². The van der Waals surface area contributed by atoms with Crippen molar-refractivity contribution in [2.45, 2.75) is 51.6 Å². The summed E-state index contributed by atoms with van der Waals surface area (Å²) < 4.78 is 26.2. The summed E-state index contributed by atoms with van der Waals surface area (Å²) >= 11 is 12.4. The summed E-state index contributed by atoms with van der Waals surface area (Å²) in [7, 11) is -3.63. The van der Waals surface area contributed by atoms with Crippen LogP contribution in [0.2, 0.25) is 10.0 Å². The smallest absolute Gasteiger partial charge is 0.251 e. The second kappa shape index (κ2) is 11.2. The molecule has 3 aromatic carbocycles. The number of rotatable bonds is 8. The molecule has 1 amide bonds. The molecule has 3 aromatic rings. The summed E-state index contributed by atoms with van der Waals surface area (Å²) in [5.74, 6) is -0.163. The zero-order valence-electron chi connectivity index (χ0n) is 20.4. The molecule has 36 heavy (non-hydrogen) atoms. The summed E-state index contributed by atoms with van der Waals surface area (Å²) in [6, 6.07) is 18.3. The largest absolute Gasteiger partial charge is 0.345 e. The monoisotopic (exact) mass is 544 g/mol. The van der Waals surface area contributed by atoms with E-state index < -0.39 is 10.0 Å². The summed E-state index contributed by atoms with van der Waals surface area (Å²) in [5, 5.41) is 3.60. The molecule has 0 aromatic heterocycles. The fraction of sp³-hybridized carbons (Fsp3) is 0.321. The van der Waals surface area contributed by atoms with Gasteiger partial charge in [0, 0.05) is 5.56 Å². The Balaban J connectivity index is 1.49. The van der Waals surface area contributed by atoms with Crippen molar-refractivity contribution in [3.05, 3.63) is 98.5 Å². The van der Waals surface area contributed by atoms with E-state index in [1.165, 1.54) is 28.3 Å². The first-order chi connectivity index (χ1) is 17.2. The highest BCUT2D eigenvalue weighted by Crippen LogP contribution is 2.34. The van der Waals surface area contributed by atoms with Crippen LogP contribution in [0.4, 0.5) is 5.69 Å². The molecule has 0 spiro atoms. The lowest BCUT2D eigenvalue weighted by atomic mass is 9.88. The molecule has 1 aliphatic rings. The van der Waals surface area contributed by atoms with Gasteiger partial charge in [-0.3, -0.25) is 9.10 Å². The van der Waals surface area contributed by atoms with Crippen molar-refractivity contribution in [2.24, 2.45) is 0 Å². The van der Waals surface area contributed by atoms with E-state index in [0.717, 1.165) is 36.6 Å². The minimum absolute atomic E-state index is 0.0630. The molecule has 190 valence electrons. The first kappa shape index (κ1) is 26.5. The highest BCUT2D eigenvalue weighted by atomic mass is 35.5. The molecule has 0 saturated carbocycles. The summed E-state index contributed by atoms with van der Waals surface area (Å²) in [5.41, 5.74) is 5.49. The van der Waals surface area contributed by atoms with Crippen LogP contribution in [-0.2, 0) is 29.4 Å². The van der Waals surface area contributed by atoms with E-state index in [1.807, 2.05) is 0 Å². The number of nitrogens with one attached hydrogen (secondary N) is 1. The third-order valence-corrected chi connectivity index (χ3v) is 8.57. The second-order valence-corrected chi connectivity index (χ2v) is 11.9. The van der Waals surface area contributed by atoms with Crippen LogP contribution in [0.15, 0.2) is 60.7 Å². The fourth-order valence-corrected chi connectivity index (χ4v) is 5.97. The number of halogens is 2. The van der Waals surface area contributed by atoms with Gasteiger partial charge in [0.25, 0.3) is 5.91 Å². The Bertz CT molecular complexity index is 1360. The van der Waals surface area contributed by atoms with Crippen LogP contribution in [0.1, 0.15) is 64.8 Å². The molecule has 1 aliphatic carbocycles. The third kappa shape index (κ3) is 6.05. The Kier molecular flexibility index (Phi) is 8.28. The van der Waals surface area contributed by atoms with Gasteiger partial charge < -0.3 is 5.32 Å². The molecular formula is C28H30Cl2N2O3S. The van der Waals surface area contributed by atoms with Crippen LogP contribution >= 0.6 is 23.2 Å². The van der Waals surface area contributed by atoms with Gasteiger partial charge in [0.15, 0.2) is 0 Å². The standard InChI is InChI=1S/C28H30Cl2N2O3S/c1-3-25(23-16-15-20-7-4-5-8-22(20)17-23)31-28(33)21-13-11-19(12-14-21)18-32(36(2,34)35)26-10-6-9-24(29)27(26)30/h6,9-17,25H,3-5,7-8,18H2,1-2H3,(H,31,33). The molecule has 5 nitrogen and oxygen atoms in total. The zero-order chi connectivity index (χ0) is 25.9. The summed E-state index contributed by atoms with van der Waals surface area (Å²) in [6.07, 6.45) is 6.59. The van der Waals surface area contributed by atoms with Gasteiger partial charge in [-0.2, -0.15) is 0 Å². The highest BCUT2D eigenvalue weighted by Gasteiger charge is 2.22. The fourth-order valence-electron chi connectivity index (χ4n) is 4.63. The number of sulfonamides is 1. The molecule has 1 unspecified atom stereocenters. The lowest BCUT2D eigenvalue weighted by molar-refractivity contribution is 0.0935. The van der Waals surface area contributed by atoms with E-state index in [9.17, 15) is 13.2 Å². The van der Waals surface area contributed by atoms with Crippen LogP contribution in [0.25, 0.3) is 0 Å². The van der Waals surface area contributed by atoms with Gasteiger partial charge in [-0.05, 0) is 78.6 Å². The molecular weight excluding hydrogens is 515 g/mol. The van der Waals surface area contributed by atoms with Crippen LogP contribution in [-0.4, -0.2) is 20.6 Å². The van der Waals surface area contributed by atoms with Crippen molar-refractivity contribution in [3.8, 4) is 0 Å². The number of aryl methyl sites for hydroxylation is 2. The highest BCUT2D eigenvalue weighted by molar-refractivity contribution is 7.92. The van der Waals surface area contributed by atoms with Gasteiger partial charge in [0.05, 0.1) is 34.6 Å². The quantitative estimate of drug-likeness (QED) is 0.342. The number of fused-ring (bicyclic) bond motifs is 1. The molecule has 0 radical (unpaired) electrons. The van der Waals surface area contributed by atoms with Crippen LogP contribution < -0.4 is 9.62 Å². The van der Waals surface area contributed by atoms with E-state index >= 15 is 0 Å². The van der Waals surface area contributed by atoms with Crippen molar-refractivity contribution in [2.75, 3.05) is 10.6 Å². The zero-order valence-corrected chi connectivity index (χ0v) is 22.8. The summed E-state index contributed by atoms with van der Waals surface area (Å²) in [6.45, 7) is 2.13. The Hall–Kier alpha value is -2.54. The van der Waals surface area contributed by atoms with Crippen molar-refractivity contribution in [1.29, 1.82) is 0 Å². The normalized spacial score (nSPS) is 14.1. The number of hydrogen-bond acceptors (Lipinski definition) is 3. The average molecular weight is 546 g/mol. The SMILES string of the molecule is CCC(NC(=O)c1ccc(CN(c2cccc(Cl)c2Cl)S(C)(=O)=O)cc1)c1ccc2c(c1)CCCC2. The molecule has 1 atom stereocenters. The predicted molar refractivity (Wildman–Crippen MR) is 148 cm³/mol. The molecule has 0 aliphatic heterocycles. The maximum atomic E-state index is 13.0. The number of carbonyl (C=O) groups excluding carboxylic acids is 1. The number of benzene rings is 3. The number of amides is 1. The van der Waals surface area contributed by atoms with Crippen LogP contribution in [0.3, 0.4) is 0 Å². The van der Waals surface area contributed by atoms with Gasteiger partial charge in [0.2, 0.25) is 10.0 Å². The van der Waals surface area contributed by atoms with Crippen LogP contribution in [0.5, 0.6) is 0 Å². The first-order valence-corrected chi connectivity index (χ1v) is 14.7. The number of carbonyl (C=O) groups is 1. The number of nitrogens with zero attached hydrogens (tertiary/aromatic N) is 1. The molecule has 4 rings (SSSR count). The second-order valence-electron chi connectivity index (χ2n) is 9.21. The predicted octanol–water partition coefficient (Wildman–Crippen LogP) is 6.72. The number of anilines is 1. The lowest BCUT2D eigenvalue weighted by Gasteiger charge is -2.24. The average Bonchev–Trinajstić information content (AvgIpc) is 2.87. The maximum absolute atomic E-state index is 13.0. The van der Waals surface area contributed by atoms with E-state index in [1.54, 1.807) is 42.5 Å². The minimum Gasteiger partial charge on any atom is -0.345 e. The Morgan fingerprint density at radius 1 is 1.00 bits per heavy atom. The van der Waals surface area contributed by atoms with Crippen molar-refractivity contribution in [3.63, 3.8) is 0 Å². The Morgan fingerprint density at radius 2 is 1.69 bits per heavy atom. The number of hydrogen-bond donors (Lipinski definition) is 1. The van der Waals surface area contributed by atoms with Gasteiger partial charge in [0.1, 0.15) is 0 Å². The van der Waals surface area contributed by atoms with Gasteiger partial charge >= 0.3 is 0 Å². The van der Waals surface area contributed by atoms with Crippen molar-refractivity contribution in [1.82, 2.24) is 5.32 Å². The van der Waals surface area contributed by atoms with E-state index in [2.05, 4.69) is 30.4 Å². The molecule has 0 heterocycles. The Morgan fingerprint density at radius 3 is 2.36 bits per heavy atom. The van der Waals surface area contributed by atoms with Gasteiger partial charge in [-0.1, -0.05) is 66.5 Å². The minimum atomic E-state index is -3.63.